The topological polar surface area (TPSA) is 66.9 Å². The lowest BCUT2D eigenvalue weighted by Crippen LogP contribution is -2.31. The van der Waals surface area contributed by atoms with Gasteiger partial charge in [0.15, 0.2) is 0 Å². The van der Waals surface area contributed by atoms with E-state index >= 15 is 0 Å². The Labute approximate surface area is 158 Å². The predicted molar refractivity (Wildman–Crippen MR) is 103 cm³/mol. The van der Waals surface area contributed by atoms with E-state index in [4.69, 9.17) is 0 Å². The minimum atomic E-state index is 0. The van der Waals surface area contributed by atoms with Crippen molar-refractivity contribution in [1.29, 1.82) is 0 Å². The third kappa shape index (κ3) is 3.71. The number of carbonyl (C=O) groups is 1. The van der Waals surface area contributed by atoms with Crippen molar-refractivity contribution in [2.45, 2.75) is 33.1 Å². The number of nitrogens with one attached hydrogen (secondary N) is 2. The summed E-state index contributed by atoms with van der Waals surface area (Å²) < 4.78 is 0. The van der Waals surface area contributed by atoms with Crippen molar-refractivity contribution in [3.05, 3.63) is 29.3 Å². The SMILES string of the molecule is Cc1cc(C)cc(-c2nnc(NC(=O)C3CC34CCNCC4)s2)c1.Cl. The quantitative estimate of drug-likeness (QED) is 0.856. The Morgan fingerprint density at radius 2 is 1.88 bits per heavy atom. The molecule has 25 heavy (non-hydrogen) atoms. The molecule has 5 nitrogen and oxygen atoms in total. The summed E-state index contributed by atoms with van der Waals surface area (Å²) in [6.07, 6.45) is 3.23. The van der Waals surface area contributed by atoms with Gasteiger partial charge in [0.1, 0.15) is 5.01 Å². The number of rotatable bonds is 3. The molecule has 1 aliphatic carbocycles. The summed E-state index contributed by atoms with van der Waals surface area (Å²) in [6.45, 7) is 6.20. The highest BCUT2D eigenvalue weighted by molar-refractivity contribution is 7.18. The molecule has 1 aromatic heterocycles. The van der Waals surface area contributed by atoms with Crippen LogP contribution in [-0.2, 0) is 4.79 Å². The lowest BCUT2D eigenvalue weighted by molar-refractivity contribution is -0.118. The molecular weight excluding hydrogens is 356 g/mol. The Hall–Kier alpha value is -1.50. The molecule has 2 N–H and O–H groups in total. The summed E-state index contributed by atoms with van der Waals surface area (Å²) in [5, 5.41) is 16.2. The van der Waals surface area contributed by atoms with E-state index in [1.54, 1.807) is 0 Å². The highest BCUT2D eigenvalue weighted by Gasteiger charge is 2.57. The second kappa shape index (κ2) is 7.02. The molecule has 134 valence electrons. The largest absolute Gasteiger partial charge is 0.317 e. The molecule has 0 bridgehead atoms. The van der Waals surface area contributed by atoms with Crippen molar-refractivity contribution in [2.24, 2.45) is 11.3 Å². The maximum atomic E-state index is 12.5. The molecule has 1 saturated heterocycles. The minimum Gasteiger partial charge on any atom is -0.317 e. The molecule has 1 spiro atoms. The van der Waals surface area contributed by atoms with Crippen molar-refractivity contribution >= 4 is 34.8 Å². The first-order valence-electron chi connectivity index (χ1n) is 8.50. The van der Waals surface area contributed by atoms with E-state index in [1.165, 1.54) is 22.5 Å². The first-order valence-corrected chi connectivity index (χ1v) is 9.31. The van der Waals surface area contributed by atoms with Gasteiger partial charge < -0.3 is 10.6 Å². The Balaban J connectivity index is 0.00000182. The molecule has 2 heterocycles. The van der Waals surface area contributed by atoms with Crippen LogP contribution in [0.3, 0.4) is 0 Å². The number of carbonyl (C=O) groups excluding carboxylic acids is 1. The highest BCUT2D eigenvalue weighted by Crippen LogP contribution is 2.58. The number of aryl methyl sites for hydroxylation is 2. The fourth-order valence-electron chi connectivity index (χ4n) is 3.88. The summed E-state index contributed by atoms with van der Waals surface area (Å²) in [6, 6.07) is 6.34. The lowest BCUT2D eigenvalue weighted by atomic mass is 9.92. The van der Waals surface area contributed by atoms with E-state index in [9.17, 15) is 4.79 Å². The van der Waals surface area contributed by atoms with Crippen molar-refractivity contribution < 1.29 is 4.79 Å². The normalized spacial score (nSPS) is 20.8. The van der Waals surface area contributed by atoms with Gasteiger partial charge in [0.05, 0.1) is 0 Å². The maximum Gasteiger partial charge on any atom is 0.229 e. The van der Waals surface area contributed by atoms with Gasteiger partial charge in [-0.2, -0.15) is 0 Å². The van der Waals surface area contributed by atoms with Crippen LogP contribution in [0.4, 0.5) is 5.13 Å². The van der Waals surface area contributed by atoms with Crippen molar-refractivity contribution in [1.82, 2.24) is 15.5 Å². The van der Waals surface area contributed by atoms with E-state index in [1.807, 2.05) is 0 Å². The Morgan fingerprint density at radius 1 is 1.20 bits per heavy atom. The molecular formula is C18H23ClN4OS. The highest BCUT2D eigenvalue weighted by atomic mass is 35.5. The zero-order valence-electron chi connectivity index (χ0n) is 14.5. The number of hydrogen-bond donors (Lipinski definition) is 2. The molecule has 1 aliphatic heterocycles. The average molecular weight is 379 g/mol. The van der Waals surface area contributed by atoms with Gasteiger partial charge >= 0.3 is 0 Å². The summed E-state index contributed by atoms with van der Waals surface area (Å²) in [5.41, 5.74) is 3.72. The third-order valence-electron chi connectivity index (χ3n) is 5.23. The Bertz CT molecular complexity index is 765. The van der Waals surface area contributed by atoms with Crippen molar-refractivity contribution in [3.8, 4) is 10.6 Å². The standard InChI is InChI=1S/C18H22N4OS.ClH/c1-11-7-12(2)9-13(8-11)16-21-22-17(24-16)20-15(23)14-10-18(14)3-5-19-6-4-18;/h7-9,14,19H,3-6,10H2,1-2H3,(H,20,22,23);1H. The number of halogens is 1. The molecule has 2 fully saturated rings. The van der Waals surface area contributed by atoms with E-state index in [-0.39, 0.29) is 29.6 Å². The zero-order valence-corrected chi connectivity index (χ0v) is 16.1. The van der Waals surface area contributed by atoms with Gasteiger partial charge in [0, 0.05) is 11.5 Å². The van der Waals surface area contributed by atoms with Crippen molar-refractivity contribution in [2.75, 3.05) is 18.4 Å². The molecule has 1 unspecified atom stereocenters. The summed E-state index contributed by atoms with van der Waals surface area (Å²) in [5.74, 6) is 0.258. The number of benzene rings is 1. The van der Waals surface area contributed by atoms with Crippen LogP contribution in [-0.4, -0.2) is 29.2 Å². The monoisotopic (exact) mass is 378 g/mol. The molecule has 0 radical (unpaired) electrons. The third-order valence-corrected chi connectivity index (χ3v) is 6.12. The summed E-state index contributed by atoms with van der Waals surface area (Å²) >= 11 is 1.45. The first kappa shape index (κ1) is 18.3. The molecule has 2 aromatic rings. The number of anilines is 1. The van der Waals surface area contributed by atoms with Gasteiger partial charge in [-0.25, -0.2) is 0 Å². The lowest BCUT2D eigenvalue weighted by Gasteiger charge is -2.22. The van der Waals surface area contributed by atoms with E-state index in [0.717, 1.165) is 42.9 Å². The van der Waals surface area contributed by atoms with Gasteiger partial charge in [0.2, 0.25) is 11.0 Å². The number of hydrogen-bond acceptors (Lipinski definition) is 5. The van der Waals surface area contributed by atoms with E-state index < -0.39 is 0 Å². The first-order chi connectivity index (χ1) is 11.6. The van der Waals surface area contributed by atoms with Crippen LogP contribution in [0.5, 0.6) is 0 Å². The molecule has 4 rings (SSSR count). The molecule has 1 amide bonds. The number of piperidine rings is 1. The second-order valence-electron chi connectivity index (χ2n) is 7.15. The number of amides is 1. The molecule has 2 aliphatic rings. The fourth-order valence-corrected chi connectivity index (χ4v) is 4.61. The minimum absolute atomic E-state index is 0. The van der Waals surface area contributed by atoms with Crippen LogP contribution in [0.15, 0.2) is 18.2 Å². The Morgan fingerprint density at radius 3 is 2.56 bits per heavy atom. The van der Waals surface area contributed by atoms with Gasteiger partial charge in [-0.05, 0) is 63.7 Å². The Kier molecular flexibility index (Phi) is 5.14. The fraction of sp³-hybridized carbons (Fsp3) is 0.500. The molecule has 1 saturated carbocycles. The van der Waals surface area contributed by atoms with Crippen LogP contribution in [0.25, 0.3) is 10.6 Å². The van der Waals surface area contributed by atoms with Crippen LogP contribution in [0.2, 0.25) is 0 Å². The maximum absolute atomic E-state index is 12.5. The smallest absolute Gasteiger partial charge is 0.229 e. The average Bonchev–Trinajstić information content (AvgIpc) is 3.03. The van der Waals surface area contributed by atoms with Crippen LogP contribution >= 0.6 is 23.7 Å². The van der Waals surface area contributed by atoms with Gasteiger partial charge in [0.25, 0.3) is 0 Å². The molecule has 1 atom stereocenters. The van der Waals surface area contributed by atoms with Crippen LogP contribution < -0.4 is 10.6 Å². The van der Waals surface area contributed by atoms with Gasteiger partial charge in [-0.15, -0.1) is 22.6 Å². The number of nitrogens with zero attached hydrogens (tertiary/aromatic N) is 2. The second-order valence-corrected chi connectivity index (χ2v) is 8.12. The zero-order chi connectivity index (χ0) is 16.7. The predicted octanol–water partition coefficient (Wildman–Crippen LogP) is 3.57. The van der Waals surface area contributed by atoms with Crippen LogP contribution in [0.1, 0.15) is 30.4 Å². The van der Waals surface area contributed by atoms with E-state index in [2.05, 4.69) is 52.9 Å². The van der Waals surface area contributed by atoms with Gasteiger partial charge in [-0.1, -0.05) is 28.5 Å². The summed E-state index contributed by atoms with van der Waals surface area (Å²) in [4.78, 5) is 12.5. The van der Waals surface area contributed by atoms with Gasteiger partial charge in [-0.3, -0.25) is 4.79 Å². The number of aromatic nitrogens is 2. The summed E-state index contributed by atoms with van der Waals surface area (Å²) in [7, 11) is 0. The molecule has 7 heteroatoms. The van der Waals surface area contributed by atoms with Crippen molar-refractivity contribution in [3.63, 3.8) is 0 Å². The van der Waals surface area contributed by atoms with Crippen LogP contribution in [0, 0.1) is 25.2 Å². The molecule has 1 aromatic carbocycles. The van der Waals surface area contributed by atoms with E-state index in [0.29, 0.717) is 5.13 Å².